The summed E-state index contributed by atoms with van der Waals surface area (Å²) in [5, 5.41) is 22.0. The Morgan fingerprint density at radius 3 is 2.92 bits per heavy atom. The smallest absolute Gasteiger partial charge is 0.271 e. The predicted molar refractivity (Wildman–Crippen MR) is 94.1 cm³/mol. The maximum Gasteiger partial charge on any atom is 0.271 e. The standard InChI is InChI=1S/C17H18N6O3/c1-21-12-13(11-19-21)4-3-8-18-17(24)16-7-9-22(20-16)14-5-2-6-15(10-14)23(25)26/h2,5-7,9-12H,3-4,8H2,1H3,(H,18,24). The van der Waals surface area contributed by atoms with Crippen molar-refractivity contribution in [3.63, 3.8) is 0 Å². The topological polar surface area (TPSA) is 108 Å². The molecule has 0 aliphatic heterocycles. The third-order valence-corrected chi connectivity index (χ3v) is 3.81. The molecular weight excluding hydrogens is 336 g/mol. The van der Waals surface area contributed by atoms with E-state index in [4.69, 9.17) is 0 Å². The lowest BCUT2D eigenvalue weighted by Gasteiger charge is -2.03. The number of benzene rings is 1. The Balaban J connectivity index is 1.56. The van der Waals surface area contributed by atoms with E-state index >= 15 is 0 Å². The van der Waals surface area contributed by atoms with Gasteiger partial charge in [-0.3, -0.25) is 19.6 Å². The highest BCUT2D eigenvalue weighted by atomic mass is 16.6. The third kappa shape index (κ3) is 4.12. The molecule has 0 aliphatic rings. The molecule has 0 radical (unpaired) electrons. The molecule has 0 spiro atoms. The SMILES string of the molecule is Cn1cc(CCCNC(=O)c2ccn(-c3cccc([N+](=O)[O-])c3)n2)cn1. The summed E-state index contributed by atoms with van der Waals surface area (Å²) in [5.74, 6) is -0.277. The van der Waals surface area contributed by atoms with Crippen molar-refractivity contribution < 1.29 is 9.72 Å². The number of carbonyl (C=O) groups is 1. The molecule has 0 fully saturated rings. The van der Waals surface area contributed by atoms with Crippen molar-refractivity contribution in [1.82, 2.24) is 24.9 Å². The average molecular weight is 354 g/mol. The molecule has 3 rings (SSSR count). The van der Waals surface area contributed by atoms with E-state index in [1.807, 2.05) is 19.4 Å². The molecule has 26 heavy (non-hydrogen) atoms. The number of carbonyl (C=O) groups excluding carboxylic acids is 1. The lowest BCUT2D eigenvalue weighted by atomic mass is 10.2. The number of nitro groups is 1. The molecule has 1 N–H and O–H groups in total. The van der Waals surface area contributed by atoms with Crippen molar-refractivity contribution in [2.45, 2.75) is 12.8 Å². The fraction of sp³-hybridized carbons (Fsp3) is 0.235. The number of aromatic nitrogens is 4. The molecule has 3 aromatic rings. The molecule has 1 aromatic carbocycles. The minimum absolute atomic E-state index is 0.0283. The molecule has 0 atom stereocenters. The van der Waals surface area contributed by atoms with Crippen LogP contribution in [-0.4, -0.2) is 36.9 Å². The van der Waals surface area contributed by atoms with Gasteiger partial charge in [0, 0.05) is 38.1 Å². The van der Waals surface area contributed by atoms with Gasteiger partial charge < -0.3 is 5.32 Å². The number of hydrogen-bond acceptors (Lipinski definition) is 5. The van der Waals surface area contributed by atoms with Crippen molar-refractivity contribution in [1.29, 1.82) is 0 Å². The first-order chi connectivity index (χ1) is 12.5. The van der Waals surface area contributed by atoms with Crippen LogP contribution in [0, 0.1) is 10.1 Å². The fourth-order valence-electron chi connectivity index (χ4n) is 2.52. The Morgan fingerprint density at radius 1 is 1.35 bits per heavy atom. The maximum absolute atomic E-state index is 12.2. The number of nitrogens with zero attached hydrogens (tertiary/aromatic N) is 5. The first kappa shape index (κ1) is 17.3. The summed E-state index contributed by atoms with van der Waals surface area (Å²) in [5.41, 5.74) is 1.88. The van der Waals surface area contributed by atoms with Crippen LogP contribution in [0.3, 0.4) is 0 Å². The maximum atomic E-state index is 12.2. The summed E-state index contributed by atoms with van der Waals surface area (Å²) < 4.78 is 3.19. The predicted octanol–water partition coefficient (Wildman–Crippen LogP) is 1.88. The number of aryl methyl sites for hydroxylation is 2. The van der Waals surface area contributed by atoms with E-state index < -0.39 is 4.92 Å². The molecule has 1 amide bonds. The van der Waals surface area contributed by atoms with Crippen LogP contribution in [0.15, 0.2) is 48.9 Å². The Bertz CT molecular complexity index is 930. The summed E-state index contributed by atoms with van der Waals surface area (Å²) in [6.07, 6.45) is 6.98. The Morgan fingerprint density at radius 2 is 2.19 bits per heavy atom. The quantitative estimate of drug-likeness (QED) is 0.396. The number of amides is 1. The summed E-state index contributed by atoms with van der Waals surface area (Å²) in [4.78, 5) is 22.6. The Hall–Kier alpha value is -3.49. The summed E-state index contributed by atoms with van der Waals surface area (Å²) in [7, 11) is 1.86. The highest BCUT2D eigenvalue weighted by Crippen LogP contribution is 2.16. The zero-order valence-electron chi connectivity index (χ0n) is 14.2. The number of nitrogens with one attached hydrogen (secondary N) is 1. The van der Waals surface area contributed by atoms with E-state index in [-0.39, 0.29) is 17.3 Å². The van der Waals surface area contributed by atoms with Crippen LogP contribution in [0.25, 0.3) is 5.69 Å². The van der Waals surface area contributed by atoms with Crippen molar-refractivity contribution in [2.75, 3.05) is 6.54 Å². The van der Waals surface area contributed by atoms with Gasteiger partial charge in [0.2, 0.25) is 0 Å². The first-order valence-electron chi connectivity index (χ1n) is 8.09. The van der Waals surface area contributed by atoms with Crippen LogP contribution >= 0.6 is 0 Å². The van der Waals surface area contributed by atoms with E-state index in [9.17, 15) is 14.9 Å². The van der Waals surface area contributed by atoms with Gasteiger partial charge in [0.15, 0.2) is 5.69 Å². The van der Waals surface area contributed by atoms with Gasteiger partial charge in [-0.15, -0.1) is 0 Å². The van der Waals surface area contributed by atoms with Gasteiger partial charge in [-0.1, -0.05) is 6.07 Å². The van der Waals surface area contributed by atoms with Gasteiger partial charge >= 0.3 is 0 Å². The van der Waals surface area contributed by atoms with Gasteiger partial charge in [0.05, 0.1) is 16.8 Å². The second-order valence-corrected chi connectivity index (χ2v) is 5.80. The minimum atomic E-state index is -0.469. The van der Waals surface area contributed by atoms with E-state index in [1.54, 1.807) is 29.1 Å². The van der Waals surface area contributed by atoms with Gasteiger partial charge in [-0.05, 0) is 30.5 Å². The van der Waals surface area contributed by atoms with Crippen LogP contribution in [-0.2, 0) is 13.5 Å². The number of non-ortho nitro benzene ring substituents is 1. The molecule has 9 nitrogen and oxygen atoms in total. The highest BCUT2D eigenvalue weighted by Gasteiger charge is 2.12. The van der Waals surface area contributed by atoms with Crippen LogP contribution < -0.4 is 5.32 Å². The van der Waals surface area contributed by atoms with Crippen molar-refractivity contribution in [3.8, 4) is 5.69 Å². The Kier molecular flexibility index (Phi) is 5.07. The molecule has 0 unspecified atom stereocenters. The molecule has 0 aliphatic carbocycles. The van der Waals surface area contributed by atoms with Crippen LogP contribution in [0.5, 0.6) is 0 Å². The zero-order chi connectivity index (χ0) is 18.5. The monoisotopic (exact) mass is 354 g/mol. The van der Waals surface area contributed by atoms with E-state index in [1.165, 1.54) is 16.8 Å². The van der Waals surface area contributed by atoms with Crippen molar-refractivity contribution in [3.05, 3.63) is 70.3 Å². The summed E-state index contributed by atoms with van der Waals surface area (Å²) in [6, 6.07) is 7.66. The normalized spacial score (nSPS) is 10.7. The minimum Gasteiger partial charge on any atom is -0.351 e. The molecule has 0 saturated heterocycles. The average Bonchev–Trinajstić information content (AvgIpc) is 3.28. The summed E-state index contributed by atoms with van der Waals surface area (Å²) >= 11 is 0. The van der Waals surface area contributed by atoms with Crippen LogP contribution in [0.1, 0.15) is 22.5 Å². The number of hydrogen-bond donors (Lipinski definition) is 1. The van der Waals surface area contributed by atoms with Crippen molar-refractivity contribution >= 4 is 11.6 Å². The van der Waals surface area contributed by atoms with Gasteiger partial charge in [0.1, 0.15) is 0 Å². The van der Waals surface area contributed by atoms with Gasteiger partial charge in [0.25, 0.3) is 11.6 Å². The number of rotatable bonds is 7. The van der Waals surface area contributed by atoms with Crippen LogP contribution in [0.2, 0.25) is 0 Å². The second kappa shape index (κ2) is 7.60. The highest BCUT2D eigenvalue weighted by molar-refractivity contribution is 5.92. The Labute approximate surface area is 149 Å². The molecule has 2 heterocycles. The molecular formula is C17H18N6O3. The lowest BCUT2D eigenvalue weighted by Crippen LogP contribution is -2.25. The third-order valence-electron chi connectivity index (χ3n) is 3.81. The molecule has 0 saturated carbocycles. The second-order valence-electron chi connectivity index (χ2n) is 5.80. The molecule has 2 aromatic heterocycles. The van der Waals surface area contributed by atoms with Crippen molar-refractivity contribution in [2.24, 2.45) is 7.05 Å². The lowest BCUT2D eigenvalue weighted by molar-refractivity contribution is -0.384. The van der Waals surface area contributed by atoms with E-state index in [2.05, 4.69) is 15.5 Å². The van der Waals surface area contributed by atoms with E-state index in [0.717, 1.165) is 18.4 Å². The largest absolute Gasteiger partial charge is 0.351 e. The van der Waals surface area contributed by atoms with Crippen LogP contribution in [0.4, 0.5) is 5.69 Å². The molecule has 0 bridgehead atoms. The fourth-order valence-corrected chi connectivity index (χ4v) is 2.52. The number of nitro benzene ring substituents is 1. The summed E-state index contributed by atoms with van der Waals surface area (Å²) in [6.45, 7) is 0.525. The molecule has 134 valence electrons. The van der Waals surface area contributed by atoms with Gasteiger partial charge in [-0.25, -0.2) is 4.68 Å². The van der Waals surface area contributed by atoms with E-state index in [0.29, 0.717) is 12.2 Å². The zero-order valence-corrected chi connectivity index (χ0v) is 14.2. The van der Waals surface area contributed by atoms with Gasteiger partial charge in [-0.2, -0.15) is 10.2 Å². The molecule has 9 heteroatoms. The first-order valence-corrected chi connectivity index (χ1v) is 8.09.